The van der Waals surface area contributed by atoms with E-state index < -0.39 is 0 Å². The first-order chi connectivity index (χ1) is 9.20. The zero-order chi connectivity index (χ0) is 13.7. The fourth-order valence-corrected chi connectivity index (χ4v) is 1.61. The number of hydrogen-bond acceptors (Lipinski definition) is 3. The molecule has 2 aromatic rings. The molecule has 5 nitrogen and oxygen atoms in total. The lowest BCUT2D eigenvalue weighted by molar-refractivity contribution is 0.102. The van der Waals surface area contributed by atoms with E-state index in [0.717, 1.165) is 0 Å². The molecule has 0 saturated heterocycles. The summed E-state index contributed by atoms with van der Waals surface area (Å²) in [6.07, 6.45) is 0. The van der Waals surface area contributed by atoms with Gasteiger partial charge in [-0.25, -0.2) is 0 Å². The molecular weight excluding hydrogens is 242 g/mol. The Bertz CT molecular complexity index is 609. The molecule has 0 spiro atoms. The predicted octanol–water partition coefficient (Wildman–Crippen LogP) is 2.03. The van der Waals surface area contributed by atoms with Gasteiger partial charge in [0.2, 0.25) is 0 Å². The summed E-state index contributed by atoms with van der Waals surface area (Å²) >= 11 is 0. The van der Waals surface area contributed by atoms with Gasteiger partial charge >= 0.3 is 0 Å². The number of oxime groups is 1. The van der Waals surface area contributed by atoms with Crippen LogP contribution in [-0.2, 0) is 0 Å². The summed E-state index contributed by atoms with van der Waals surface area (Å²) in [6, 6.07) is 15.6. The Balaban J connectivity index is 2.18. The normalized spacial score (nSPS) is 11.1. The van der Waals surface area contributed by atoms with E-state index in [9.17, 15) is 4.79 Å². The molecule has 4 N–H and O–H groups in total. The van der Waals surface area contributed by atoms with Crippen LogP contribution >= 0.6 is 0 Å². The van der Waals surface area contributed by atoms with Crippen molar-refractivity contribution in [2.45, 2.75) is 0 Å². The van der Waals surface area contributed by atoms with Gasteiger partial charge in [0.1, 0.15) is 0 Å². The summed E-state index contributed by atoms with van der Waals surface area (Å²) in [5.74, 6) is -0.215. The molecule has 1 amide bonds. The highest BCUT2D eigenvalue weighted by Gasteiger charge is 2.06. The molecule has 5 heteroatoms. The number of amidine groups is 1. The molecule has 0 aliphatic carbocycles. The Hall–Kier alpha value is -2.82. The van der Waals surface area contributed by atoms with Crippen molar-refractivity contribution in [3.63, 3.8) is 0 Å². The first kappa shape index (κ1) is 12.6. The highest BCUT2D eigenvalue weighted by Crippen LogP contribution is 2.12. The van der Waals surface area contributed by atoms with E-state index in [1.807, 2.05) is 6.07 Å². The van der Waals surface area contributed by atoms with Crippen LogP contribution in [0.25, 0.3) is 0 Å². The minimum Gasteiger partial charge on any atom is -0.409 e. The average molecular weight is 255 g/mol. The van der Waals surface area contributed by atoms with Crippen molar-refractivity contribution in [3.8, 4) is 0 Å². The molecule has 0 aromatic heterocycles. The summed E-state index contributed by atoms with van der Waals surface area (Å²) in [6.45, 7) is 0. The van der Waals surface area contributed by atoms with Crippen molar-refractivity contribution in [1.82, 2.24) is 0 Å². The molecule has 19 heavy (non-hydrogen) atoms. The van der Waals surface area contributed by atoms with Crippen LogP contribution in [0.3, 0.4) is 0 Å². The van der Waals surface area contributed by atoms with Crippen molar-refractivity contribution < 1.29 is 10.0 Å². The zero-order valence-electron chi connectivity index (χ0n) is 10.1. The number of anilines is 1. The van der Waals surface area contributed by atoms with Crippen molar-refractivity contribution >= 4 is 17.4 Å². The Morgan fingerprint density at radius 1 is 1.05 bits per heavy atom. The average Bonchev–Trinajstić information content (AvgIpc) is 2.47. The largest absolute Gasteiger partial charge is 0.409 e. The number of benzene rings is 2. The van der Waals surface area contributed by atoms with Crippen molar-refractivity contribution in [2.75, 3.05) is 5.32 Å². The van der Waals surface area contributed by atoms with Gasteiger partial charge in [0.25, 0.3) is 5.91 Å². The lowest BCUT2D eigenvalue weighted by Crippen LogP contribution is -2.15. The highest BCUT2D eigenvalue weighted by atomic mass is 16.4. The molecule has 0 aliphatic rings. The second-order valence-corrected chi connectivity index (χ2v) is 3.89. The number of nitrogens with two attached hydrogens (primary N) is 1. The summed E-state index contributed by atoms with van der Waals surface area (Å²) < 4.78 is 0. The van der Waals surface area contributed by atoms with Gasteiger partial charge < -0.3 is 16.3 Å². The van der Waals surface area contributed by atoms with Crippen LogP contribution in [0.5, 0.6) is 0 Å². The van der Waals surface area contributed by atoms with Crippen molar-refractivity contribution in [1.29, 1.82) is 0 Å². The molecule has 0 fully saturated rings. The molecule has 0 heterocycles. The number of nitrogens with zero attached hydrogens (tertiary/aromatic N) is 1. The van der Waals surface area contributed by atoms with Gasteiger partial charge in [0.05, 0.1) is 0 Å². The topological polar surface area (TPSA) is 87.7 Å². The first-order valence-electron chi connectivity index (χ1n) is 5.65. The monoisotopic (exact) mass is 255 g/mol. The van der Waals surface area contributed by atoms with Crippen LogP contribution in [0.2, 0.25) is 0 Å². The van der Waals surface area contributed by atoms with Gasteiger partial charge in [0.15, 0.2) is 5.84 Å². The van der Waals surface area contributed by atoms with Gasteiger partial charge in [0, 0.05) is 16.8 Å². The van der Waals surface area contributed by atoms with E-state index in [0.29, 0.717) is 16.8 Å². The SMILES string of the molecule is N/C(=N/O)c1cccc(NC(=O)c2ccccc2)c1. The number of carbonyl (C=O) groups excluding carboxylic acids is 1. The molecular formula is C14H13N3O2. The van der Waals surface area contributed by atoms with Crippen LogP contribution in [-0.4, -0.2) is 17.0 Å². The minimum absolute atomic E-state index is 0.00388. The Kier molecular flexibility index (Phi) is 3.78. The third-order valence-electron chi connectivity index (χ3n) is 2.56. The first-order valence-corrected chi connectivity index (χ1v) is 5.65. The molecule has 0 bridgehead atoms. The molecule has 0 unspecified atom stereocenters. The van der Waals surface area contributed by atoms with Crippen LogP contribution < -0.4 is 11.1 Å². The van der Waals surface area contributed by atoms with Crippen LogP contribution in [0.1, 0.15) is 15.9 Å². The molecule has 0 radical (unpaired) electrons. The van der Waals surface area contributed by atoms with E-state index in [-0.39, 0.29) is 11.7 Å². The maximum Gasteiger partial charge on any atom is 0.255 e. The molecule has 0 aliphatic heterocycles. The van der Waals surface area contributed by atoms with E-state index in [1.165, 1.54) is 0 Å². The fraction of sp³-hybridized carbons (Fsp3) is 0. The number of hydrogen-bond donors (Lipinski definition) is 3. The van der Waals surface area contributed by atoms with E-state index in [4.69, 9.17) is 10.9 Å². The van der Waals surface area contributed by atoms with Gasteiger partial charge in [-0.1, -0.05) is 35.5 Å². The second-order valence-electron chi connectivity index (χ2n) is 3.89. The predicted molar refractivity (Wildman–Crippen MR) is 73.3 cm³/mol. The van der Waals surface area contributed by atoms with E-state index in [1.54, 1.807) is 48.5 Å². The Labute approximate surface area is 110 Å². The molecule has 0 saturated carbocycles. The van der Waals surface area contributed by atoms with Crippen LogP contribution in [0.4, 0.5) is 5.69 Å². The molecule has 96 valence electrons. The molecule has 0 atom stereocenters. The van der Waals surface area contributed by atoms with Crippen LogP contribution in [0.15, 0.2) is 59.8 Å². The summed E-state index contributed by atoms with van der Waals surface area (Å²) in [5.41, 5.74) is 7.18. The maximum atomic E-state index is 11.9. The van der Waals surface area contributed by atoms with Crippen molar-refractivity contribution in [3.05, 3.63) is 65.7 Å². The van der Waals surface area contributed by atoms with Gasteiger partial charge in [-0.15, -0.1) is 0 Å². The van der Waals surface area contributed by atoms with Gasteiger partial charge in [-0.05, 0) is 24.3 Å². The number of amides is 1. The van der Waals surface area contributed by atoms with E-state index in [2.05, 4.69) is 10.5 Å². The lowest BCUT2D eigenvalue weighted by Gasteiger charge is -2.06. The maximum absolute atomic E-state index is 11.9. The second kappa shape index (κ2) is 5.68. The summed E-state index contributed by atoms with van der Waals surface area (Å²) in [4.78, 5) is 11.9. The van der Waals surface area contributed by atoms with Gasteiger partial charge in [-0.2, -0.15) is 0 Å². The third-order valence-corrected chi connectivity index (χ3v) is 2.56. The number of rotatable bonds is 3. The smallest absolute Gasteiger partial charge is 0.255 e. The quantitative estimate of drug-likeness (QED) is 0.339. The summed E-state index contributed by atoms with van der Waals surface area (Å²) in [7, 11) is 0. The molecule has 2 rings (SSSR count). The zero-order valence-corrected chi connectivity index (χ0v) is 10.1. The lowest BCUT2D eigenvalue weighted by atomic mass is 10.1. The van der Waals surface area contributed by atoms with Crippen molar-refractivity contribution in [2.24, 2.45) is 10.9 Å². The Morgan fingerprint density at radius 2 is 1.74 bits per heavy atom. The fourth-order valence-electron chi connectivity index (χ4n) is 1.61. The standard InChI is InChI=1S/C14H13N3O2/c15-13(17-19)11-7-4-8-12(9-11)16-14(18)10-5-2-1-3-6-10/h1-9,19H,(H2,15,17)(H,16,18). The summed E-state index contributed by atoms with van der Waals surface area (Å²) in [5, 5.41) is 14.3. The number of nitrogens with one attached hydrogen (secondary N) is 1. The number of carbonyl (C=O) groups is 1. The van der Waals surface area contributed by atoms with Crippen LogP contribution in [0, 0.1) is 0 Å². The van der Waals surface area contributed by atoms with Gasteiger partial charge in [-0.3, -0.25) is 4.79 Å². The molecule has 2 aromatic carbocycles. The highest BCUT2D eigenvalue weighted by molar-refractivity contribution is 6.05. The minimum atomic E-state index is -0.211. The third kappa shape index (κ3) is 3.10. The van der Waals surface area contributed by atoms with E-state index >= 15 is 0 Å². The Morgan fingerprint density at radius 3 is 2.42 bits per heavy atom.